The lowest BCUT2D eigenvalue weighted by molar-refractivity contribution is 0.0937. The van der Waals surface area contributed by atoms with Crippen molar-refractivity contribution >= 4 is 21.6 Å². The third-order valence-corrected chi connectivity index (χ3v) is 5.51. The van der Waals surface area contributed by atoms with E-state index in [9.17, 15) is 13.2 Å². The standard InChI is InChI=1S/C18H22N2O4S/c1-3-20(16-9-5-4-6-10-16)25(22,23)17-11-7-8-15(14-17)18(21)19-12-13-24-2/h4-11,14H,3,12-13H2,1-2H3,(H,19,21). The summed E-state index contributed by atoms with van der Waals surface area (Å²) in [6, 6.07) is 14.9. The van der Waals surface area contributed by atoms with Gasteiger partial charge in [0.1, 0.15) is 0 Å². The van der Waals surface area contributed by atoms with E-state index in [0.717, 1.165) is 0 Å². The number of carbonyl (C=O) groups is 1. The molecule has 0 heterocycles. The predicted molar refractivity (Wildman–Crippen MR) is 97.3 cm³/mol. The number of rotatable bonds is 8. The van der Waals surface area contributed by atoms with Gasteiger partial charge in [0.25, 0.3) is 15.9 Å². The van der Waals surface area contributed by atoms with Crippen LogP contribution in [0.25, 0.3) is 0 Å². The number of ether oxygens (including phenoxy) is 1. The summed E-state index contributed by atoms with van der Waals surface area (Å²) in [4.78, 5) is 12.2. The van der Waals surface area contributed by atoms with Crippen LogP contribution in [0.3, 0.4) is 0 Å². The Morgan fingerprint density at radius 1 is 1.12 bits per heavy atom. The molecule has 0 unspecified atom stereocenters. The third kappa shape index (κ3) is 4.58. The number of anilines is 1. The van der Waals surface area contributed by atoms with Crippen molar-refractivity contribution in [2.75, 3.05) is 31.1 Å². The summed E-state index contributed by atoms with van der Waals surface area (Å²) in [6.45, 7) is 2.81. The van der Waals surface area contributed by atoms with E-state index < -0.39 is 10.0 Å². The summed E-state index contributed by atoms with van der Waals surface area (Å²) in [6.07, 6.45) is 0. The van der Waals surface area contributed by atoms with Crippen LogP contribution in [0.1, 0.15) is 17.3 Å². The van der Waals surface area contributed by atoms with Gasteiger partial charge >= 0.3 is 0 Å². The molecule has 1 N–H and O–H groups in total. The molecule has 0 bridgehead atoms. The van der Waals surface area contributed by atoms with Gasteiger partial charge in [0.15, 0.2) is 0 Å². The molecule has 0 saturated heterocycles. The lowest BCUT2D eigenvalue weighted by Gasteiger charge is -2.23. The maximum Gasteiger partial charge on any atom is 0.264 e. The monoisotopic (exact) mass is 362 g/mol. The van der Waals surface area contributed by atoms with Crippen molar-refractivity contribution in [3.8, 4) is 0 Å². The zero-order valence-electron chi connectivity index (χ0n) is 14.3. The number of nitrogens with zero attached hydrogens (tertiary/aromatic N) is 1. The van der Waals surface area contributed by atoms with Crippen LogP contribution in [0, 0.1) is 0 Å². The number of methoxy groups -OCH3 is 1. The highest BCUT2D eigenvalue weighted by atomic mass is 32.2. The fourth-order valence-corrected chi connectivity index (χ4v) is 3.90. The fraction of sp³-hybridized carbons (Fsp3) is 0.278. The van der Waals surface area contributed by atoms with Gasteiger partial charge in [0.2, 0.25) is 0 Å². The molecule has 25 heavy (non-hydrogen) atoms. The molecule has 0 aliphatic rings. The van der Waals surface area contributed by atoms with E-state index in [1.54, 1.807) is 50.4 Å². The summed E-state index contributed by atoms with van der Waals surface area (Å²) >= 11 is 0. The predicted octanol–water partition coefficient (Wildman–Crippen LogP) is 2.28. The number of nitrogens with one attached hydrogen (secondary N) is 1. The van der Waals surface area contributed by atoms with Gasteiger partial charge < -0.3 is 10.1 Å². The molecular formula is C18H22N2O4S. The SMILES string of the molecule is CCN(c1ccccc1)S(=O)(=O)c1cccc(C(=O)NCCOC)c1. The second kappa shape index (κ2) is 8.64. The molecule has 0 fully saturated rings. The molecule has 0 saturated carbocycles. The van der Waals surface area contributed by atoms with E-state index in [0.29, 0.717) is 24.4 Å². The Bertz CT molecular complexity index is 807. The van der Waals surface area contributed by atoms with Gasteiger partial charge in [0, 0.05) is 25.8 Å². The Morgan fingerprint density at radius 2 is 1.84 bits per heavy atom. The molecule has 0 spiro atoms. The van der Waals surface area contributed by atoms with Crippen LogP contribution >= 0.6 is 0 Å². The van der Waals surface area contributed by atoms with E-state index in [-0.39, 0.29) is 17.3 Å². The van der Waals surface area contributed by atoms with Crippen molar-refractivity contribution in [1.82, 2.24) is 5.32 Å². The molecule has 2 rings (SSSR count). The van der Waals surface area contributed by atoms with Gasteiger partial charge in [-0.2, -0.15) is 0 Å². The minimum atomic E-state index is -3.76. The molecule has 2 aromatic carbocycles. The van der Waals surface area contributed by atoms with E-state index in [2.05, 4.69) is 5.32 Å². The lowest BCUT2D eigenvalue weighted by atomic mass is 10.2. The van der Waals surface area contributed by atoms with Gasteiger partial charge in [-0.1, -0.05) is 24.3 Å². The zero-order chi connectivity index (χ0) is 18.3. The van der Waals surface area contributed by atoms with Gasteiger partial charge in [-0.15, -0.1) is 0 Å². The molecule has 6 nitrogen and oxygen atoms in total. The highest BCUT2D eigenvalue weighted by Gasteiger charge is 2.24. The van der Waals surface area contributed by atoms with Crippen LogP contribution < -0.4 is 9.62 Å². The number of amides is 1. The molecule has 0 aliphatic heterocycles. The second-order valence-electron chi connectivity index (χ2n) is 5.28. The van der Waals surface area contributed by atoms with Crippen LogP contribution in [-0.2, 0) is 14.8 Å². The van der Waals surface area contributed by atoms with Gasteiger partial charge in [-0.05, 0) is 37.3 Å². The number of para-hydroxylation sites is 1. The Kier molecular flexibility index (Phi) is 6.55. The maximum absolute atomic E-state index is 13.0. The first-order chi connectivity index (χ1) is 12.0. The molecule has 134 valence electrons. The van der Waals surface area contributed by atoms with Gasteiger partial charge in [-0.25, -0.2) is 8.42 Å². The number of hydrogen-bond donors (Lipinski definition) is 1. The number of sulfonamides is 1. The largest absolute Gasteiger partial charge is 0.383 e. The van der Waals surface area contributed by atoms with Crippen LogP contribution in [0.4, 0.5) is 5.69 Å². The number of hydrogen-bond acceptors (Lipinski definition) is 4. The van der Waals surface area contributed by atoms with E-state index in [1.165, 1.54) is 16.4 Å². The van der Waals surface area contributed by atoms with E-state index >= 15 is 0 Å². The summed E-state index contributed by atoms with van der Waals surface area (Å²) in [5.74, 6) is -0.336. The summed E-state index contributed by atoms with van der Waals surface area (Å²) < 4.78 is 32.1. The zero-order valence-corrected chi connectivity index (χ0v) is 15.1. The molecular weight excluding hydrogens is 340 g/mol. The van der Waals surface area contributed by atoms with Crippen molar-refractivity contribution in [1.29, 1.82) is 0 Å². The maximum atomic E-state index is 13.0. The van der Waals surface area contributed by atoms with Gasteiger partial charge in [0.05, 0.1) is 17.2 Å². The molecule has 0 aliphatic carbocycles. The highest BCUT2D eigenvalue weighted by molar-refractivity contribution is 7.92. The Hall–Kier alpha value is -2.38. The van der Waals surface area contributed by atoms with Crippen molar-refractivity contribution < 1.29 is 17.9 Å². The van der Waals surface area contributed by atoms with Crippen molar-refractivity contribution in [3.63, 3.8) is 0 Å². The first-order valence-corrected chi connectivity index (χ1v) is 9.39. The van der Waals surface area contributed by atoms with E-state index in [1.807, 2.05) is 6.07 Å². The fourth-order valence-electron chi connectivity index (χ4n) is 2.38. The molecule has 0 aromatic heterocycles. The van der Waals surface area contributed by atoms with Gasteiger partial charge in [-0.3, -0.25) is 9.10 Å². The van der Waals surface area contributed by atoms with Crippen LogP contribution in [0.15, 0.2) is 59.5 Å². The molecule has 0 radical (unpaired) electrons. The molecule has 1 amide bonds. The quantitative estimate of drug-likeness (QED) is 0.731. The lowest BCUT2D eigenvalue weighted by Crippen LogP contribution is -2.31. The second-order valence-corrected chi connectivity index (χ2v) is 7.14. The molecule has 7 heteroatoms. The van der Waals surface area contributed by atoms with Crippen LogP contribution in [0.2, 0.25) is 0 Å². The topological polar surface area (TPSA) is 75.7 Å². The average Bonchev–Trinajstić information content (AvgIpc) is 2.63. The summed E-state index contributed by atoms with van der Waals surface area (Å²) in [5.41, 5.74) is 0.876. The van der Waals surface area contributed by atoms with E-state index in [4.69, 9.17) is 4.74 Å². The Labute approximate surface area is 148 Å². The average molecular weight is 362 g/mol. The summed E-state index contributed by atoms with van der Waals surface area (Å²) in [5, 5.41) is 2.68. The first kappa shape index (κ1) is 19.0. The third-order valence-electron chi connectivity index (χ3n) is 3.61. The van der Waals surface area contributed by atoms with Crippen LogP contribution in [0.5, 0.6) is 0 Å². The normalized spacial score (nSPS) is 11.1. The smallest absolute Gasteiger partial charge is 0.264 e. The van der Waals surface area contributed by atoms with Crippen LogP contribution in [-0.4, -0.2) is 41.1 Å². The molecule has 2 aromatic rings. The minimum Gasteiger partial charge on any atom is -0.383 e. The van der Waals surface area contributed by atoms with Crippen molar-refractivity contribution in [3.05, 3.63) is 60.2 Å². The summed E-state index contributed by atoms with van der Waals surface area (Å²) in [7, 11) is -2.21. The Balaban J connectivity index is 2.30. The first-order valence-electron chi connectivity index (χ1n) is 7.95. The highest BCUT2D eigenvalue weighted by Crippen LogP contribution is 2.23. The number of benzene rings is 2. The minimum absolute atomic E-state index is 0.0811. The number of carbonyl (C=O) groups excluding carboxylic acids is 1. The Morgan fingerprint density at radius 3 is 2.48 bits per heavy atom. The van der Waals surface area contributed by atoms with Crippen molar-refractivity contribution in [2.24, 2.45) is 0 Å². The van der Waals surface area contributed by atoms with Crippen molar-refractivity contribution in [2.45, 2.75) is 11.8 Å². The molecule has 0 atom stereocenters.